The van der Waals surface area contributed by atoms with Crippen LogP contribution in [0.25, 0.3) is 4.85 Å². The Bertz CT molecular complexity index is 302. The summed E-state index contributed by atoms with van der Waals surface area (Å²) in [6, 6.07) is 0. The zero-order valence-electron chi connectivity index (χ0n) is 14.4. The number of esters is 1. The number of unbranched alkanes of at least 4 members (excludes halogenated alkanes) is 8. The lowest BCUT2D eigenvalue weighted by molar-refractivity contribution is -0.140. The summed E-state index contributed by atoms with van der Waals surface area (Å²) in [5.74, 6) is 0.935. The van der Waals surface area contributed by atoms with E-state index < -0.39 is 0 Å². The van der Waals surface area contributed by atoms with Crippen molar-refractivity contribution in [2.45, 2.75) is 82.8 Å². The largest absolute Gasteiger partial charge is 0.468 e. The van der Waals surface area contributed by atoms with Gasteiger partial charge < -0.3 is 9.58 Å². The van der Waals surface area contributed by atoms with Crippen LogP contribution in [0, 0.1) is 6.57 Å². The molecule has 128 valence electrons. The molecule has 0 rings (SSSR count). The van der Waals surface area contributed by atoms with Crippen LogP contribution >= 0.6 is 11.8 Å². The first-order valence-electron chi connectivity index (χ1n) is 8.78. The highest BCUT2D eigenvalue weighted by Gasteiger charge is 2.18. The second-order valence-electron chi connectivity index (χ2n) is 5.73. The van der Waals surface area contributed by atoms with Crippen molar-refractivity contribution in [3.8, 4) is 0 Å². The summed E-state index contributed by atoms with van der Waals surface area (Å²) in [5.41, 5.74) is 0. The molecule has 0 radical (unpaired) electrons. The summed E-state index contributed by atoms with van der Waals surface area (Å²) in [6.45, 7) is 9.58. The van der Waals surface area contributed by atoms with Gasteiger partial charge in [0, 0.05) is 6.42 Å². The minimum atomic E-state index is -0.104. The van der Waals surface area contributed by atoms with E-state index in [2.05, 4.69) is 11.8 Å². The molecular formula is C18H33NO2S. The molecule has 0 aromatic rings. The van der Waals surface area contributed by atoms with Gasteiger partial charge in [-0.2, -0.15) is 0 Å². The predicted octanol–water partition coefficient (Wildman–Crippen LogP) is 5.49. The highest BCUT2D eigenvalue weighted by atomic mass is 32.2. The van der Waals surface area contributed by atoms with E-state index in [-0.39, 0.29) is 11.2 Å². The van der Waals surface area contributed by atoms with Gasteiger partial charge in [0.2, 0.25) is 6.54 Å². The van der Waals surface area contributed by atoms with Gasteiger partial charge in [0.1, 0.15) is 5.25 Å². The fraction of sp³-hybridized carbons (Fsp3) is 0.889. The van der Waals surface area contributed by atoms with Crippen LogP contribution < -0.4 is 0 Å². The zero-order chi connectivity index (χ0) is 16.5. The Labute approximate surface area is 141 Å². The van der Waals surface area contributed by atoms with Crippen LogP contribution in [-0.4, -0.2) is 30.6 Å². The number of ether oxygens (including phenoxy) is 1. The van der Waals surface area contributed by atoms with Gasteiger partial charge in [-0.05, 0) is 25.0 Å². The van der Waals surface area contributed by atoms with E-state index >= 15 is 0 Å². The van der Waals surface area contributed by atoms with Gasteiger partial charge in [0.15, 0.2) is 0 Å². The van der Waals surface area contributed by atoms with Crippen LogP contribution in [0.4, 0.5) is 0 Å². The molecule has 0 aromatic heterocycles. The molecule has 0 aliphatic heterocycles. The van der Waals surface area contributed by atoms with Crippen molar-refractivity contribution in [3.63, 3.8) is 0 Å². The number of hydrogen-bond acceptors (Lipinski definition) is 3. The average Bonchev–Trinajstić information content (AvgIpc) is 2.54. The lowest BCUT2D eigenvalue weighted by Gasteiger charge is -2.13. The smallest absolute Gasteiger partial charge is 0.318 e. The normalized spacial score (nSPS) is 11.9. The molecule has 4 heteroatoms. The van der Waals surface area contributed by atoms with Crippen LogP contribution in [0.5, 0.6) is 0 Å². The molecule has 0 N–H and O–H groups in total. The number of hydrogen-bond donors (Lipinski definition) is 0. The van der Waals surface area contributed by atoms with Crippen molar-refractivity contribution in [2.24, 2.45) is 0 Å². The van der Waals surface area contributed by atoms with Crippen molar-refractivity contribution in [1.82, 2.24) is 0 Å². The monoisotopic (exact) mass is 327 g/mol. The van der Waals surface area contributed by atoms with Crippen LogP contribution in [0.3, 0.4) is 0 Å². The molecule has 0 saturated carbocycles. The first-order valence-corrected chi connectivity index (χ1v) is 9.83. The van der Waals surface area contributed by atoms with E-state index in [9.17, 15) is 4.79 Å². The number of rotatable bonds is 15. The number of thioether (sulfide) groups is 1. The van der Waals surface area contributed by atoms with E-state index in [0.29, 0.717) is 6.54 Å². The Balaban J connectivity index is 3.62. The number of carbonyl (C=O) groups is 1. The molecule has 1 atom stereocenters. The molecule has 3 nitrogen and oxygen atoms in total. The third kappa shape index (κ3) is 13.0. The number of methoxy groups -OCH3 is 1. The van der Waals surface area contributed by atoms with Gasteiger partial charge in [0.05, 0.1) is 7.11 Å². The van der Waals surface area contributed by atoms with Crippen LogP contribution in [0.2, 0.25) is 0 Å². The topological polar surface area (TPSA) is 30.7 Å². The fourth-order valence-corrected chi connectivity index (χ4v) is 3.60. The fourth-order valence-electron chi connectivity index (χ4n) is 2.38. The molecule has 0 aliphatic carbocycles. The molecule has 0 spiro atoms. The summed E-state index contributed by atoms with van der Waals surface area (Å²) in [7, 11) is 1.46. The lowest BCUT2D eigenvalue weighted by atomic mass is 10.1. The summed E-state index contributed by atoms with van der Waals surface area (Å²) in [4.78, 5) is 15.1. The Morgan fingerprint density at radius 3 is 2.27 bits per heavy atom. The first kappa shape index (κ1) is 21.3. The summed E-state index contributed by atoms with van der Waals surface area (Å²) < 4.78 is 4.88. The van der Waals surface area contributed by atoms with Crippen molar-refractivity contribution in [2.75, 3.05) is 19.4 Å². The molecule has 0 saturated heterocycles. The van der Waals surface area contributed by atoms with Gasteiger partial charge in [-0.15, -0.1) is 11.8 Å². The Morgan fingerprint density at radius 2 is 1.68 bits per heavy atom. The number of carbonyl (C=O) groups excluding carboxylic acids is 1. The van der Waals surface area contributed by atoms with Crippen molar-refractivity contribution >= 4 is 17.7 Å². The summed E-state index contributed by atoms with van der Waals surface area (Å²) in [6.07, 6.45) is 13.2. The molecule has 0 fully saturated rings. The molecular weight excluding hydrogens is 294 g/mol. The molecule has 22 heavy (non-hydrogen) atoms. The molecule has 0 aromatic carbocycles. The SMILES string of the molecule is [C-]#[N+]CCCCC(SCCCCCCCCCC)C(=O)OC. The second kappa shape index (κ2) is 16.7. The van der Waals surface area contributed by atoms with Crippen molar-refractivity contribution in [1.29, 1.82) is 0 Å². The minimum Gasteiger partial charge on any atom is -0.468 e. The Morgan fingerprint density at radius 1 is 1.05 bits per heavy atom. The Hall–Kier alpha value is -0.690. The van der Waals surface area contributed by atoms with Crippen LogP contribution in [0.15, 0.2) is 0 Å². The van der Waals surface area contributed by atoms with Gasteiger partial charge in [-0.3, -0.25) is 4.79 Å². The minimum absolute atomic E-state index is 0.0414. The van der Waals surface area contributed by atoms with Crippen molar-refractivity contribution < 1.29 is 9.53 Å². The van der Waals surface area contributed by atoms with Gasteiger partial charge >= 0.3 is 5.97 Å². The van der Waals surface area contributed by atoms with E-state index in [4.69, 9.17) is 11.3 Å². The predicted molar refractivity (Wildman–Crippen MR) is 96.2 cm³/mol. The van der Waals surface area contributed by atoms with Crippen LogP contribution in [-0.2, 0) is 9.53 Å². The summed E-state index contributed by atoms with van der Waals surface area (Å²) in [5, 5.41) is -0.0414. The van der Waals surface area contributed by atoms with Gasteiger partial charge in [-0.1, -0.05) is 51.9 Å². The summed E-state index contributed by atoms with van der Waals surface area (Å²) >= 11 is 1.73. The molecule has 0 amide bonds. The second-order valence-corrected chi connectivity index (χ2v) is 7.05. The van der Waals surface area contributed by atoms with Gasteiger partial charge in [0.25, 0.3) is 0 Å². The number of nitrogens with zero attached hydrogens (tertiary/aromatic N) is 1. The molecule has 0 bridgehead atoms. The molecule has 1 unspecified atom stereocenters. The third-order valence-corrected chi connectivity index (χ3v) is 5.12. The molecule has 0 heterocycles. The maximum atomic E-state index is 11.7. The quantitative estimate of drug-likeness (QED) is 0.226. The zero-order valence-corrected chi connectivity index (χ0v) is 15.3. The third-order valence-electron chi connectivity index (χ3n) is 3.77. The lowest BCUT2D eigenvalue weighted by Crippen LogP contribution is -2.19. The van der Waals surface area contributed by atoms with Gasteiger partial charge in [-0.25, -0.2) is 6.57 Å². The van der Waals surface area contributed by atoms with E-state index in [1.807, 2.05) is 0 Å². The highest BCUT2D eigenvalue weighted by Crippen LogP contribution is 2.21. The standard InChI is InChI=1S/C18H33NO2S/c1-4-5-6-7-8-9-10-13-16-22-17(18(20)21-3)14-11-12-15-19-2/h17H,4-16H2,1,3H3. The first-order chi connectivity index (χ1) is 10.8. The highest BCUT2D eigenvalue weighted by molar-refractivity contribution is 8.00. The molecule has 0 aliphatic rings. The maximum Gasteiger partial charge on any atom is 0.318 e. The van der Waals surface area contributed by atoms with E-state index in [1.165, 1.54) is 58.5 Å². The Kier molecular flexibility index (Phi) is 16.2. The van der Waals surface area contributed by atoms with E-state index in [0.717, 1.165) is 25.0 Å². The van der Waals surface area contributed by atoms with Crippen molar-refractivity contribution in [3.05, 3.63) is 11.4 Å². The van der Waals surface area contributed by atoms with Crippen LogP contribution in [0.1, 0.15) is 77.6 Å². The maximum absolute atomic E-state index is 11.7. The van der Waals surface area contributed by atoms with E-state index in [1.54, 1.807) is 11.8 Å². The average molecular weight is 328 g/mol.